The first kappa shape index (κ1) is 7.74. The van der Waals surface area contributed by atoms with Crippen molar-refractivity contribution in [2.45, 2.75) is 13.8 Å². The Morgan fingerprint density at radius 3 is 2.73 bits per heavy atom. The van der Waals surface area contributed by atoms with Crippen LogP contribution in [0.15, 0.2) is 18.6 Å². The molecule has 0 bridgehead atoms. The highest BCUT2D eigenvalue weighted by Crippen LogP contribution is 1.90. The van der Waals surface area contributed by atoms with Gasteiger partial charge in [-0.15, -0.1) is 0 Å². The standard InChI is InChI=1S/C9H10N2/c1-8(2)3-4-9-7-10-5-6-11-9/h5-8H,1-2H3. The summed E-state index contributed by atoms with van der Waals surface area (Å²) in [6, 6.07) is 0. The molecule has 0 N–H and O–H groups in total. The molecule has 1 rings (SSSR count). The van der Waals surface area contributed by atoms with Crippen LogP contribution in [0.4, 0.5) is 0 Å². The zero-order valence-electron chi connectivity index (χ0n) is 6.70. The highest BCUT2D eigenvalue weighted by Gasteiger charge is 1.85. The van der Waals surface area contributed by atoms with Crippen LogP contribution in [0.2, 0.25) is 0 Å². The van der Waals surface area contributed by atoms with Gasteiger partial charge in [0.1, 0.15) is 5.69 Å². The molecular weight excluding hydrogens is 136 g/mol. The van der Waals surface area contributed by atoms with Crippen LogP contribution in [0.5, 0.6) is 0 Å². The summed E-state index contributed by atoms with van der Waals surface area (Å²) in [5, 5.41) is 0. The zero-order valence-corrected chi connectivity index (χ0v) is 6.70. The third kappa shape index (κ3) is 2.81. The maximum Gasteiger partial charge on any atom is 0.131 e. The van der Waals surface area contributed by atoms with E-state index in [1.165, 1.54) is 0 Å². The maximum atomic E-state index is 4.01. The van der Waals surface area contributed by atoms with E-state index in [-0.39, 0.29) is 0 Å². The monoisotopic (exact) mass is 146 g/mol. The molecule has 0 amide bonds. The maximum absolute atomic E-state index is 4.01. The lowest BCUT2D eigenvalue weighted by atomic mass is 10.2. The van der Waals surface area contributed by atoms with E-state index in [9.17, 15) is 0 Å². The van der Waals surface area contributed by atoms with Gasteiger partial charge in [-0.1, -0.05) is 19.8 Å². The minimum Gasteiger partial charge on any atom is -0.260 e. The summed E-state index contributed by atoms with van der Waals surface area (Å²) < 4.78 is 0. The van der Waals surface area contributed by atoms with E-state index >= 15 is 0 Å². The van der Waals surface area contributed by atoms with Crippen molar-refractivity contribution in [3.05, 3.63) is 24.3 Å². The summed E-state index contributed by atoms with van der Waals surface area (Å²) in [7, 11) is 0. The number of hydrogen-bond donors (Lipinski definition) is 0. The lowest BCUT2D eigenvalue weighted by Gasteiger charge is -1.87. The second-order valence-electron chi connectivity index (χ2n) is 2.51. The van der Waals surface area contributed by atoms with Crippen molar-refractivity contribution < 1.29 is 0 Å². The fourth-order valence-corrected chi connectivity index (χ4v) is 0.582. The third-order valence-corrected chi connectivity index (χ3v) is 1.05. The smallest absolute Gasteiger partial charge is 0.131 e. The van der Waals surface area contributed by atoms with E-state index < -0.39 is 0 Å². The Labute approximate surface area is 66.7 Å². The molecule has 0 unspecified atom stereocenters. The van der Waals surface area contributed by atoms with Gasteiger partial charge in [-0.2, -0.15) is 0 Å². The molecule has 1 heterocycles. The zero-order chi connectivity index (χ0) is 8.10. The van der Waals surface area contributed by atoms with Crippen LogP contribution in [0.3, 0.4) is 0 Å². The molecule has 0 aliphatic heterocycles. The van der Waals surface area contributed by atoms with Gasteiger partial charge < -0.3 is 0 Å². The molecule has 0 fully saturated rings. The summed E-state index contributed by atoms with van der Waals surface area (Å²) in [6.45, 7) is 4.09. The molecule has 0 aromatic carbocycles. The average molecular weight is 146 g/mol. The third-order valence-electron chi connectivity index (χ3n) is 1.05. The molecule has 1 aromatic heterocycles. The van der Waals surface area contributed by atoms with Gasteiger partial charge in [-0.3, -0.25) is 4.98 Å². The van der Waals surface area contributed by atoms with E-state index in [2.05, 4.69) is 21.8 Å². The van der Waals surface area contributed by atoms with Crippen LogP contribution in [-0.2, 0) is 0 Å². The van der Waals surface area contributed by atoms with Crippen LogP contribution in [0, 0.1) is 17.8 Å². The molecule has 56 valence electrons. The fourth-order valence-electron chi connectivity index (χ4n) is 0.582. The van der Waals surface area contributed by atoms with E-state index in [0.29, 0.717) is 5.92 Å². The second-order valence-corrected chi connectivity index (χ2v) is 2.51. The minimum absolute atomic E-state index is 0.386. The molecule has 0 saturated heterocycles. The first-order chi connectivity index (χ1) is 5.29. The summed E-state index contributed by atoms with van der Waals surface area (Å²) in [5.74, 6) is 6.32. The van der Waals surface area contributed by atoms with Crippen LogP contribution < -0.4 is 0 Å². The van der Waals surface area contributed by atoms with E-state index in [0.717, 1.165) is 5.69 Å². The SMILES string of the molecule is CC(C)C#Cc1cnccn1. The van der Waals surface area contributed by atoms with Crippen LogP contribution >= 0.6 is 0 Å². The molecule has 2 nitrogen and oxygen atoms in total. The van der Waals surface area contributed by atoms with Gasteiger partial charge in [0.25, 0.3) is 0 Å². The number of rotatable bonds is 0. The Morgan fingerprint density at radius 2 is 2.18 bits per heavy atom. The Balaban J connectivity index is 2.75. The minimum atomic E-state index is 0.386. The molecule has 0 aliphatic rings. The quantitative estimate of drug-likeness (QED) is 0.518. The second kappa shape index (κ2) is 3.72. The summed E-state index contributed by atoms with van der Waals surface area (Å²) in [6.07, 6.45) is 4.94. The van der Waals surface area contributed by atoms with Gasteiger partial charge in [-0.25, -0.2) is 4.98 Å². The molecule has 1 aromatic rings. The predicted octanol–water partition coefficient (Wildman–Crippen LogP) is 1.48. The molecule has 0 atom stereocenters. The first-order valence-corrected chi connectivity index (χ1v) is 3.56. The van der Waals surface area contributed by atoms with Gasteiger partial charge in [0.15, 0.2) is 0 Å². The fraction of sp³-hybridized carbons (Fsp3) is 0.333. The van der Waals surface area contributed by atoms with Gasteiger partial charge in [0.05, 0.1) is 6.20 Å². The summed E-state index contributed by atoms with van der Waals surface area (Å²) >= 11 is 0. The van der Waals surface area contributed by atoms with Crippen molar-refractivity contribution in [3.8, 4) is 11.8 Å². The number of hydrogen-bond acceptors (Lipinski definition) is 2. The van der Waals surface area contributed by atoms with Crippen molar-refractivity contribution in [2.75, 3.05) is 0 Å². The summed E-state index contributed by atoms with van der Waals surface area (Å²) in [4.78, 5) is 7.91. The Morgan fingerprint density at radius 1 is 1.36 bits per heavy atom. The van der Waals surface area contributed by atoms with Crippen molar-refractivity contribution in [1.29, 1.82) is 0 Å². The van der Waals surface area contributed by atoms with Crippen molar-refractivity contribution in [1.82, 2.24) is 9.97 Å². The predicted molar refractivity (Wildman–Crippen MR) is 43.7 cm³/mol. The molecule has 0 radical (unpaired) electrons. The van der Waals surface area contributed by atoms with Crippen LogP contribution in [0.25, 0.3) is 0 Å². The molecule has 0 aliphatic carbocycles. The highest BCUT2D eigenvalue weighted by atomic mass is 14.7. The average Bonchev–Trinajstić information content (AvgIpc) is 2.03. The lowest BCUT2D eigenvalue weighted by Crippen LogP contribution is -1.84. The van der Waals surface area contributed by atoms with Crippen molar-refractivity contribution in [2.24, 2.45) is 5.92 Å². The Kier molecular flexibility index (Phi) is 2.62. The topological polar surface area (TPSA) is 25.8 Å². The van der Waals surface area contributed by atoms with Crippen LogP contribution in [0.1, 0.15) is 19.5 Å². The summed E-state index contributed by atoms with van der Waals surface area (Å²) in [5.41, 5.74) is 0.737. The molecule has 0 saturated carbocycles. The van der Waals surface area contributed by atoms with E-state index in [4.69, 9.17) is 0 Å². The normalized spacial score (nSPS) is 9.00. The van der Waals surface area contributed by atoms with Gasteiger partial charge in [0.2, 0.25) is 0 Å². The molecule has 2 heteroatoms. The number of aromatic nitrogens is 2. The van der Waals surface area contributed by atoms with E-state index in [1.54, 1.807) is 18.6 Å². The van der Waals surface area contributed by atoms with Gasteiger partial charge in [-0.05, 0) is 5.92 Å². The highest BCUT2D eigenvalue weighted by molar-refractivity contribution is 5.24. The molecular formula is C9H10N2. The van der Waals surface area contributed by atoms with E-state index in [1.807, 2.05) is 13.8 Å². The Hall–Kier alpha value is -1.36. The lowest BCUT2D eigenvalue weighted by molar-refractivity contribution is 0.866. The van der Waals surface area contributed by atoms with Crippen LogP contribution in [-0.4, -0.2) is 9.97 Å². The van der Waals surface area contributed by atoms with Crippen molar-refractivity contribution in [3.63, 3.8) is 0 Å². The number of nitrogens with zero attached hydrogens (tertiary/aromatic N) is 2. The largest absolute Gasteiger partial charge is 0.260 e. The molecule has 11 heavy (non-hydrogen) atoms. The van der Waals surface area contributed by atoms with Gasteiger partial charge >= 0.3 is 0 Å². The molecule has 0 spiro atoms. The Bertz CT molecular complexity index is 267. The first-order valence-electron chi connectivity index (χ1n) is 3.56. The van der Waals surface area contributed by atoms with Gasteiger partial charge in [0, 0.05) is 18.3 Å². The van der Waals surface area contributed by atoms with Crippen molar-refractivity contribution >= 4 is 0 Å².